The van der Waals surface area contributed by atoms with Gasteiger partial charge in [0.25, 0.3) is 10.0 Å². The van der Waals surface area contributed by atoms with E-state index in [0.29, 0.717) is 23.2 Å². The molecule has 0 aliphatic carbocycles. The summed E-state index contributed by atoms with van der Waals surface area (Å²) in [7, 11) is -3.92. The van der Waals surface area contributed by atoms with Crippen molar-refractivity contribution in [3.63, 3.8) is 0 Å². The van der Waals surface area contributed by atoms with Crippen LogP contribution in [-0.4, -0.2) is 43.8 Å². The highest BCUT2D eigenvalue weighted by atomic mass is 35.5. The number of sulfonamides is 1. The van der Waals surface area contributed by atoms with Crippen molar-refractivity contribution in [1.29, 1.82) is 0 Å². The Labute approximate surface area is 252 Å². The number of hydrogen-bond donors (Lipinski definition) is 2. The van der Waals surface area contributed by atoms with Crippen LogP contribution in [0, 0.1) is 12.8 Å². The number of nitrogens with zero attached hydrogens (tertiary/aromatic N) is 2. The van der Waals surface area contributed by atoms with E-state index in [1.807, 2.05) is 37.3 Å². The van der Waals surface area contributed by atoms with Gasteiger partial charge in [-0.3, -0.25) is 0 Å². The van der Waals surface area contributed by atoms with Crippen LogP contribution in [0.1, 0.15) is 48.8 Å². The number of aryl methyl sites for hydroxylation is 1. The van der Waals surface area contributed by atoms with Gasteiger partial charge in [0.1, 0.15) is 11.3 Å². The second-order valence-electron chi connectivity index (χ2n) is 10.7. The van der Waals surface area contributed by atoms with Crippen molar-refractivity contribution in [2.24, 2.45) is 11.0 Å². The lowest BCUT2D eigenvalue weighted by Gasteiger charge is -2.34. The first-order chi connectivity index (χ1) is 19.7. The molecular formula is C32H36ClN3O5S. The quantitative estimate of drug-likeness (QED) is 0.141. The number of benzene rings is 3. The zero-order chi connectivity index (χ0) is 29.0. The minimum atomic E-state index is -3.92. The van der Waals surface area contributed by atoms with Crippen molar-refractivity contribution in [3.8, 4) is 5.75 Å². The van der Waals surface area contributed by atoms with E-state index in [4.69, 9.17) is 4.42 Å². The average molecular weight is 610 g/mol. The minimum Gasteiger partial charge on any atom is -0.507 e. The molecule has 4 aromatic rings. The third-order valence-electron chi connectivity index (χ3n) is 7.81. The summed E-state index contributed by atoms with van der Waals surface area (Å²) in [4.78, 5) is 18.4. The first-order valence-corrected chi connectivity index (χ1v) is 15.4. The Hall–Kier alpha value is -3.66. The van der Waals surface area contributed by atoms with E-state index in [1.165, 1.54) is 0 Å². The standard InChI is InChI=1S/C32H35N3O5S.ClH/c1-22-15-17-25(18-16-22)41(38,39)34-33-23(2)27(21-35-19-9-4-10-20-35)29(24-11-5-3-6-12-24)30-31(36)26-13-7-8-14-28(26)40-32(30)37;/h3,5-8,11-18,27,29,34,36H,4,9-10,19-21H2,1-2H3;1H/b33-23-;. The van der Waals surface area contributed by atoms with Gasteiger partial charge in [-0.15, -0.1) is 12.4 Å². The third-order valence-corrected chi connectivity index (χ3v) is 9.03. The highest BCUT2D eigenvalue weighted by Gasteiger charge is 2.35. The number of halogens is 1. The molecule has 1 fully saturated rings. The molecule has 0 saturated carbocycles. The summed E-state index contributed by atoms with van der Waals surface area (Å²) in [5.41, 5.74) is 2.04. The second kappa shape index (κ2) is 13.5. The minimum absolute atomic E-state index is 0. The normalized spacial score (nSPS) is 16.0. The fourth-order valence-electron chi connectivity index (χ4n) is 5.57. The molecule has 5 rings (SSSR count). The van der Waals surface area contributed by atoms with E-state index >= 15 is 0 Å². The van der Waals surface area contributed by atoms with Crippen LogP contribution < -0.4 is 10.5 Å². The molecule has 1 aliphatic rings. The van der Waals surface area contributed by atoms with E-state index in [2.05, 4.69) is 14.8 Å². The van der Waals surface area contributed by atoms with Crippen LogP contribution in [0.15, 0.2) is 98.1 Å². The van der Waals surface area contributed by atoms with E-state index in [9.17, 15) is 18.3 Å². The van der Waals surface area contributed by atoms with Crippen molar-refractivity contribution in [2.45, 2.75) is 43.9 Å². The number of fused-ring (bicyclic) bond motifs is 1. The molecule has 2 N–H and O–H groups in total. The van der Waals surface area contributed by atoms with Crippen molar-refractivity contribution >= 4 is 39.1 Å². The van der Waals surface area contributed by atoms with Crippen LogP contribution in [-0.2, 0) is 10.0 Å². The number of piperidine rings is 1. The van der Waals surface area contributed by atoms with Gasteiger partial charge in [0.05, 0.1) is 15.8 Å². The smallest absolute Gasteiger partial charge is 0.343 e. The molecule has 1 aliphatic heterocycles. The summed E-state index contributed by atoms with van der Waals surface area (Å²) in [6.07, 6.45) is 3.27. The Morgan fingerprint density at radius 2 is 1.62 bits per heavy atom. The molecular weight excluding hydrogens is 574 g/mol. The van der Waals surface area contributed by atoms with Crippen molar-refractivity contribution in [1.82, 2.24) is 9.73 Å². The lowest BCUT2D eigenvalue weighted by molar-refractivity contribution is 0.207. The van der Waals surface area contributed by atoms with Crippen LogP contribution in [0.5, 0.6) is 5.75 Å². The van der Waals surface area contributed by atoms with E-state index in [0.717, 1.165) is 43.5 Å². The summed E-state index contributed by atoms with van der Waals surface area (Å²) >= 11 is 0. The van der Waals surface area contributed by atoms with Gasteiger partial charge >= 0.3 is 5.63 Å². The number of hydrazone groups is 1. The van der Waals surface area contributed by atoms with Crippen LogP contribution in [0.4, 0.5) is 0 Å². The molecule has 1 saturated heterocycles. The molecule has 0 bridgehead atoms. The molecule has 42 heavy (non-hydrogen) atoms. The number of hydrogen-bond acceptors (Lipinski definition) is 7. The summed E-state index contributed by atoms with van der Waals surface area (Å²) in [6, 6.07) is 22.9. The van der Waals surface area contributed by atoms with Gasteiger partial charge in [-0.05, 0) is 69.6 Å². The van der Waals surface area contributed by atoms with Gasteiger partial charge in [-0.2, -0.15) is 13.5 Å². The monoisotopic (exact) mass is 609 g/mol. The third kappa shape index (κ3) is 6.86. The van der Waals surface area contributed by atoms with Crippen LogP contribution in [0.2, 0.25) is 0 Å². The van der Waals surface area contributed by atoms with Crippen molar-refractivity contribution in [3.05, 3.63) is 106 Å². The van der Waals surface area contributed by atoms with E-state index in [-0.39, 0.29) is 28.6 Å². The summed E-state index contributed by atoms with van der Waals surface area (Å²) in [5.74, 6) is -1.24. The maximum Gasteiger partial charge on any atom is 0.343 e. The largest absolute Gasteiger partial charge is 0.507 e. The second-order valence-corrected chi connectivity index (χ2v) is 12.3. The van der Waals surface area contributed by atoms with Gasteiger partial charge in [-0.25, -0.2) is 9.63 Å². The zero-order valence-electron chi connectivity index (χ0n) is 23.7. The van der Waals surface area contributed by atoms with Crippen LogP contribution in [0.3, 0.4) is 0 Å². The summed E-state index contributed by atoms with van der Waals surface area (Å²) < 4.78 is 31.9. The summed E-state index contributed by atoms with van der Waals surface area (Å²) in [5, 5.41) is 16.3. The Kier molecular flexibility index (Phi) is 10.1. The van der Waals surface area contributed by atoms with Gasteiger partial charge < -0.3 is 14.4 Å². The molecule has 222 valence electrons. The first-order valence-electron chi connectivity index (χ1n) is 13.9. The molecule has 2 heterocycles. The highest BCUT2D eigenvalue weighted by Crippen LogP contribution is 2.39. The number of nitrogens with one attached hydrogen (secondary N) is 1. The van der Waals surface area contributed by atoms with Crippen molar-refractivity contribution in [2.75, 3.05) is 19.6 Å². The van der Waals surface area contributed by atoms with Crippen LogP contribution in [0.25, 0.3) is 11.0 Å². The van der Waals surface area contributed by atoms with Crippen LogP contribution >= 0.6 is 12.4 Å². The molecule has 2 unspecified atom stereocenters. The average Bonchev–Trinajstić information content (AvgIpc) is 2.98. The lowest BCUT2D eigenvalue weighted by atomic mass is 9.78. The predicted molar refractivity (Wildman–Crippen MR) is 168 cm³/mol. The van der Waals surface area contributed by atoms with E-state index in [1.54, 1.807) is 55.5 Å². The fraction of sp³-hybridized carbons (Fsp3) is 0.312. The first kappa shape index (κ1) is 31.3. The molecule has 8 nitrogen and oxygen atoms in total. The SMILES string of the molecule is C/C(=N/NS(=O)(=O)c1ccc(C)cc1)C(CN1CCCCC1)C(c1ccccc1)c1c(O)c2ccccc2oc1=O.Cl. The lowest BCUT2D eigenvalue weighted by Crippen LogP contribution is -2.40. The van der Waals surface area contributed by atoms with Gasteiger partial charge in [0.2, 0.25) is 0 Å². The maximum absolute atomic E-state index is 13.5. The zero-order valence-corrected chi connectivity index (χ0v) is 25.3. The Morgan fingerprint density at radius 1 is 0.976 bits per heavy atom. The molecule has 2 atom stereocenters. The number of aromatic hydroxyl groups is 1. The molecule has 0 amide bonds. The number of likely N-dealkylation sites (tertiary alicyclic amines) is 1. The topological polar surface area (TPSA) is 112 Å². The van der Waals surface area contributed by atoms with Gasteiger partial charge in [0.15, 0.2) is 0 Å². The molecule has 10 heteroatoms. The molecule has 1 aromatic heterocycles. The Bertz CT molecular complexity index is 1700. The fourth-order valence-corrected chi connectivity index (χ4v) is 6.43. The van der Waals surface area contributed by atoms with Gasteiger partial charge in [0, 0.05) is 24.1 Å². The molecule has 0 radical (unpaired) electrons. The Balaban J connectivity index is 0.00000405. The highest BCUT2D eigenvalue weighted by molar-refractivity contribution is 7.89. The number of rotatable bonds is 9. The number of para-hydroxylation sites is 1. The van der Waals surface area contributed by atoms with E-state index < -0.39 is 27.5 Å². The maximum atomic E-state index is 13.5. The molecule has 3 aromatic carbocycles. The van der Waals surface area contributed by atoms with Crippen molar-refractivity contribution < 1.29 is 17.9 Å². The Morgan fingerprint density at radius 3 is 2.31 bits per heavy atom. The van der Waals surface area contributed by atoms with Gasteiger partial charge in [-0.1, -0.05) is 66.6 Å². The predicted octanol–water partition coefficient (Wildman–Crippen LogP) is 5.82. The summed E-state index contributed by atoms with van der Waals surface area (Å²) in [6.45, 7) is 5.95. The molecule has 0 spiro atoms.